The lowest BCUT2D eigenvalue weighted by Gasteiger charge is -2.18. The molecule has 0 spiro atoms. The molecule has 0 aromatic carbocycles. The maximum Gasteiger partial charge on any atom is 0.191 e. The van der Waals surface area contributed by atoms with Crippen molar-refractivity contribution in [1.29, 1.82) is 0 Å². The maximum atomic E-state index is 4.48. The van der Waals surface area contributed by atoms with Crippen molar-refractivity contribution in [2.45, 2.75) is 65.8 Å². The third-order valence-corrected chi connectivity index (χ3v) is 4.10. The van der Waals surface area contributed by atoms with Crippen LogP contribution in [0.25, 0.3) is 0 Å². The molecule has 1 unspecified atom stereocenters. The van der Waals surface area contributed by atoms with Gasteiger partial charge in [-0.2, -0.15) is 5.10 Å². The molecule has 5 nitrogen and oxygen atoms in total. The first-order chi connectivity index (χ1) is 10.5. The van der Waals surface area contributed by atoms with E-state index in [4.69, 9.17) is 0 Å². The largest absolute Gasteiger partial charge is 0.356 e. The van der Waals surface area contributed by atoms with Gasteiger partial charge in [-0.25, -0.2) is 0 Å². The third kappa shape index (κ3) is 5.70. The van der Waals surface area contributed by atoms with Gasteiger partial charge in [0.2, 0.25) is 0 Å². The third-order valence-electron chi connectivity index (χ3n) is 4.10. The van der Waals surface area contributed by atoms with Crippen molar-refractivity contribution in [3.8, 4) is 0 Å². The number of guanidine groups is 1. The van der Waals surface area contributed by atoms with Gasteiger partial charge in [-0.05, 0) is 39.2 Å². The fourth-order valence-electron chi connectivity index (χ4n) is 2.66. The first kappa shape index (κ1) is 18.5. The number of nitrogens with zero attached hydrogens (tertiary/aromatic N) is 3. The SMILES string of the molecule is CCCCCCNC(=NC)NC(C)Cc1c(C)nn(C)c1C. The maximum absolute atomic E-state index is 4.48. The zero-order valence-electron chi connectivity index (χ0n) is 15.2. The zero-order valence-corrected chi connectivity index (χ0v) is 15.2. The molecule has 0 fully saturated rings. The van der Waals surface area contributed by atoms with E-state index in [1.807, 2.05) is 18.8 Å². The van der Waals surface area contributed by atoms with Gasteiger partial charge in [0.25, 0.3) is 0 Å². The van der Waals surface area contributed by atoms with Gasteiger partial charge in [0.05, 0.1) is 5.69 Å². The summed E-state index contributed by atoms with van der Waals surface area (Å²) in [4.78, 5) is 4.31. The topological polar surface area (TPSA) is 54.2 Å². The molecule has 1 aromatic rings. The molecule has 0 aliphatic carbocycles. The van der Waals surface area contributed by atoms with Gasteiger partial charge < -0.3 is 10.6 Å². The van der Waals surface area contributed by atoms with Crippen molar-refractivity contribution in [3.63, 3.8) is 0 Å². The second kappa shape index (κ2) is 9.49. The molecule has 1 heterocycles. The van der Waals surface area contributed by atoms with E-state index in [1.165, 1.54) is 36.9 Å². The van der Waals surface area contributed by atoms with Crippen LogP contribution in [0.15, 0.2) is 4.99 Å². The molecule has 0 bridgehead atoms. The van der Waals surface area contributed by atoms with Crippen LogP contribution in [0.5, 0.6) is 0 Å². The number of hydrogen-bond donors (Lipinski definition) is 2. The number of hydrogen-bond acceptors (Lipinski definition) is 2. The second-order valence-corrected chi connectivity index (χ2v) is 6.08. The number of rotatable bonds is 8. The molecule has 5 heteroatoms. The lowest BCUT2D eigenvalue weighted by atomic mass is 10.1. The van der Waals surface area contributed by atoms with Crippen LogP contribution < -0.4 is 10.6 Å². The zero-order chi connectivity index (χ0) is 16.5. The highest BCUT2D eigenvalue weighted by Crippen LogP contribution is 2.14. The number of unbranched alkanes of at least 4 members (excludes halogenated alkanes) is 3. The number of aromatic nitrogens is 2. The second-order valence-electron chi connectivity index (χ2n) is 6.08. The van der Waals surface area contributed by atoms with Crippen molar-refractivity contribution >= 4 is 5.96 Å². The van der Waals surface area contributed by atoms with Gasteiger partial charge in [0, 0.05) is 32.4 Å². The summed E-state index contributed by atoms with van der Waals surface area (Å²) in [5.41, 5.74) is 3.70. The Hall–Kier alpha value is -1.52. The van der Waals surface area contributed by atoms with Gasteiger partial charge in [-0.3, -0.25) is 9.67 Å². The number of nitrogens with one attached hydrogen (secondary N) is 2. The lowest BCUT2D eigenvalue weighted by molar-refractivity contribution is 0.616. The van der Waals surface area contributed by atoms with E-state index in [9.17, 15) is 0 Å². The van der Waals surface area contributed by atoms with Crippen LogP contribution in [0.2, 0.25) is 0 Å². The highest BCUT2D eigenvalue weighted by molar-refractivity contribution is 5.79. The van der Waals surface area contributed by atoms with Crippen molar-refractivity contribution < 1.29 is 0 Å². The van der Waals surface area contributed by atoms with Crippen LogP contribution in [0, 0.1) is 13.8 Å². The molecule has 0 amide bonds. The molecule has 1 rings (SSSR count). The monoisotopic (exact) mass is 307 g/mol. The summed E-state index contributed by atoms with van der Waals surface area (Å²) in [6, 6.07) is 0.323. The Bertz CT molecular complexity index is 476. The van der Waals surface area contributed by atoms with Crippen LogP contribution in [-0.2, 0) is 13.5 Å². The van der Waals surface area contributed by atoms with Crippen molar-refractivity contribution in [1.82, 2.24) is 20.4 Å². The highest BCUT2D eigenvalue weighted by atomic mass is 15.3. The van der Waals surface area contributed by atoms with E-state index in [1.54, 1.807) is 0 Å². The molecular weight excluding hydrogens is 274 g/mol. The minimum atomic E-state index is 0.323. The summed E-state index contributed by atoms with van der Waals surface area (Å²) in [6.45, 7) is 9.61. The Balaban J connectivity index is 2.43. The Kier molecular flexibility index (Phi) is 7.99. The smallest absolute Gasteiger partial charge is 0.191 e. The Morgan fingerprint density at radius 3 is 2.55 bits per heavy atom. The van der Waals surface area contributed by atoms with Crippen molar-refractivity contribution in [3.05, 3.63) is 17.0 Å². The molecule has 1 atom stereocenters. The van der Waals surface area contributed by atoms with Crippen LogP contribution in [0.4, 0.5) is 0 Å². The summed E-state index contributed by atoms with van der Waals surface area (Å²) in [6.07, 6.45) is 6.02. The van der Waals surface area contributed by atoms with Crippen LogP contribution in [0.1, 0.15) is 56.5 Å². The molecule has 1 aromatic heterocycles. The van der Waals surface area contributed by atoms with E-state index in [0.717, 1.165) is 24.6 Å². The summed E-state index contributed by atoms with van der Waals surface area (Å²) in [5, 5.41) is 11.4. The van der Waals surface area contributed by atoms with Gasteiger partial charge in [0.15, 0.2) is 5.96 Å². The summed E-state index contributed by atoms with van der Waals surface area (Å²) < 4.78 is 1.96. The van der Waals surface area contributed by atoms with Gasteiger partial charge in [0.1, 0.15) is 0 Å². The molecule has 0 saturated carbocycles. The van der Waals surface area contributed by atoms with E-state index >= 15 is 0 Å². The Morgan fingerprint density at radius 1 is 1.27 bits per heavy atom. The summed E-state index contributed by atoms with van der Waals surface area (Å²) >= 11 is 0. The van der Waals surface area contributed by atoms with Gasteiger partial charge >= 0.3 is 0 Å². The van der Waals surface area contributed by atoms with Crippen molar-refractivity contribution in [2.75, 3.05) is 13.6 Å². The Morgan fingerprint density at radius 2 is 2.00 bits per heavy atom. The summed E-state index contributed by atoms with van der Waals surface area (Å²) in [5.74, 6) is 0.892. The standard InChI is InChI=1S/C17H33N5/c1-7-8-9-10-11-19-17(18-5)20-13(2)12-16-14(3)21-22(6)15(16)4/h13H,7-12H2,1-6H3,(H2,18,19,20). The predicted octanol–water partition coefficient (Wildman–Crippen LogP) is 2.71. The minimum Gasteiger partial charge on any atom is -0.356 e. The molecule has 0 aliphatic heterocycles. The number of aliphatic imine (C=N–C) groups is 1. The molecule has 126 valence electrons. The van der Waals surface area contributed by atoms with E-state index in [2.05, 4.69) is 48.4 Å². The van der Waals surface area contributed by atoms with Crippen molar-refractivity contribution in [2.24, 2.45) is 12.0 Å². The van der Waals surface area contributed by atoms with Crippen LogP contribution in [-0.4, -0.2) is 35.4 Å². The molecule has 22 heavy (non-hydrogen) atoms. The average Bonchev–Trinajstić information content (AvgIpc) is 2.72. The first-order valence-corrected chi connectivity index (χ1v) is 8.45. The molecule has 0 aliphatic rings. The number of aryl methyl sites for hydroxylation is 2. The summed E-state index contributed by atoms with van der Waals surface area (Å²) in [7, 11) is 3.83. The molecule has 0 saturated heterocycles. The van der Waals surface area contributed by atoms with E-state index < -0.39 is 0 Å². The minimum absolute atomic E-state index is 0.323. The molecular formula is C17H33N5. The van der Waals surface area contributed by atoms with Crippen LogP contribution >= 0.6 is 0 Å². The lowest BCUT2D eigenvalue weighted by Crippen LogP contribution is -2.43. The fraction of sp³-hybridized carbons (Fsp3) is 0.765. The molecule has 0 radical (unpaired) electrons. The first-order valence-electron chi connectivity index (χ1n) is 8.45. The fourth-order valence-corrected chi connectivity index (χ4v) is 2.66. The molecule has 2 N–H and O–H groups in total. The predicted molar refractivity (Wildman–Crippen MR) is 94.5 cm³/mol. The van der Waals surface area contributed by atoms with E-state index in [-0.39, 0.29) is 0 Å². The highest BCUT2D eigenvalue weighted by Gasteiger charge is 2.13. The van der Waals surface area contributed by atoms with Crippen LogP contribution in [0.3, 0.4) is 0 Å². The quantitative estimate of drug-likeness (QED) is 0.441. The van der Waals surface area contributed by atoms with E-state index in [0.29, 0.717) is 6.04 Å². The Labute approximate surface area is 135 Å². The normalized spacial score (nSPS) is 13.3. The van der Waals surface area contributed by atoms with Gasteiger partial charge in [-0.1, -0.05) is 26.2 Å². The average molecular weight is 307 g/mol. The van der Waals surface area contributed by atoms with Gasteiger partial charge in [-0.15, -0.1) is 0 Å².